The van der Waals surface area contributed by atoms with Crippen LogP contribution in [0.4, 0.5) is 4.79 Å². The third-order valence-electron chi connectivity index (χ3n) is 3.70. The van der Waals surface area contributed by atoms with Gasteiger partial charge in [0.25, 0.3) is 0 Å². The molecule has 3 heteroatoms. The van der Waals surface area contributed by atoms with Crippen LogP contribution < -0.4 is 0 Å². The first-order valence-corrected chi connectivity index (χ1v) is 7.84. The van der Waals surface area contributed by atoms with Crippen molar-refractivity contribution in [3.63, 3.8) is 0 Å². The van der Waals surface area contributed by atoms with Gasteiger partial charge in [0.05, 0.1) is 0 Å². The van der Waals surface area contributed by atoms with E-state index in [1.807, 2.05) is 25.7 Å². The number of carbonyl (C=O) groups excluding carboxylic acids is 1. The summed E-state index contributed by atoms with van der Waals surface area (Å²) in [6.07, 6.45) is 13.1. The molecule has 0 bridgehead atoms. The maximum absolute atomic E-state index is 11.9. The van der Waals surface area contributed by atoms with Crippen molar-refractivity contribution in [2.45, 2.75) is 71.3 Å². The van der Waals surface area contributed by atoms with Gasteiger partial charge in [-0.2, -0.15) is 0 Å². The maximum atomic E-state index is 11.9. The van der Waals surface area contributed by atoms with Gasteiger partial charge >= 0.3 is 6.09 Å². The first kappa shape index (κ1) is 16.9. The number of unbranched alkanes of at least 4 members (excludes halogenated alkanes) is 3. The first-order valence-electron chi connectivity index (χ1n) is 7.84. The lowest BCUT2D eigenvalue weighted by Crippen LogP contribution is -2.41. The molecular weight excluding hydrogens is 250 g/mol. The molecule has 114 valence electrons. The summed E-state index contributed by atoms with van der Waals surface area (Å²) in [5, 5.41) is 0. The molecule has 1 amide bonds. The van der Waals surface area contributed by atoms with Crippen molar-refractivity contribution in [2.24, 2.45) is 5.92 Å². The lowest BCUT2D eigenvalue weighted by atomic mass is 9.91. The van der Waals surface area contributed by atoms with Crippen LogP contribution in [0.3, 0.4) is 0 Å². The van der Waals surface area contributed by atoms with Crippen LogP contribution in [0, 0.1) is 18.3 Å². The molecule has 0 aromatic rings. The van der Waals surface area contributed by atoms with Gasteiger partial charge in [-0.1, -0.05) is 19.3 Å². The molecule has 0 unspecified atom stereocenters. The molecule has 0 aliphatic carbocycles. The number of terminal acetylenes is 1. The van der Waals surface area contributed by atoms with E-state index in [9.17, 15) is 4.79 Å². The minimum absolute atomic E-state index is 0.162. The molecule has 3 nitrogen and oxygen atoms in total. The van der Waals surface area contributed by atoms with E-state index < -0.39 is 5.60 Å². The molecule has 0 aromatic carbocycles. The van der Waals surface area contributed by atoms with Crippen LogP contribution in [0.1, 0.15) is 65.7 Å². The zero-order valence-corrected chi connectivity index (χ0v) is 13.3. The Labute approximate surface area is 124 Å². The second kappa shape index (κ2) is 8.19. The molecule has 0 radical (unpaired) electrons. The van der Waals surface area contributed by atoms with E-state index in [2.05, 4.69) is 5.92 Å². The summed E-state index contributed by atoms with van der Waals surface area (Å²) in [4.78, 5) is 13.8. The minimum Gasteiger partial charge on any atom is -0.444 e. The highest BCUT2D eigenvalue weighted by Gasteiger charge is 2.26. The van der Waals surface area contributed by atoms with E-state index in [-0.39, 0.29) is 6.09 Å². The van der Waals surface area contributed by atoms with Gasteiger partial charge < -0.3 is 9.64 Å². The Kier molecular flexibility index (Phi) is 6.91. The highest BCUT2D eigenvalue weighted by Crippen LogP contribution is 2.24. The molecule has 1 aliphatic heterocycles. The fraction of sp³-hybridized carbons (Fsp3) is 0.824. The first-order chi connectivity index (χ1) is 9.42. The standard InChI is InChI=1S/C17H29NO2/c1-5-6-7-8-9-10-15-11-13-18(14-12-15)16(19)20-17(2,3)4/h1,15H,6-14H2,2-4H3. The highest BCUT2D eigenvalue weighted by molar-refractivity contribution is 5.68. The second-order valence-corrected chi connectivity index (χ2v) is 6.71. The molecule has 0 saturated carbocycles. The van der Waals surface area contributed by atoms with Crippen LogP contribution in [0.2, 0.25) is 0 Å². The summed E-state index contributed by atoms with van der Waals surface area (Å²) >= 11 is 0. The molecule has 1 aliphatic rings. The molecule has 0 N–H and O–H groups in total. The summed E-state index contributed by atoms with van der Waals surface area (Å²) in [6, 6.07) is 0. The van der Waals surface area contributed by atoms with Crippen LogP contribution in [-0.4, -0.2) is 29.7 Å². The number of hydrogen-bond donors (Lipinski definition) is 0. The number of rotatable bonds is 5. The van der Waals surface area contributed by atoms with Gasteiger partial charge in [0, 0.05) is 19.5 Å². The number of carbonyl (C=O) groups is 1. The lowest BCUT2D eigenvalue weighted by molar-refractivity contribution is 0.0180. The minimum atomic E-state index is -0.398. The molecule has 1 fully saturated rings. The van der Waals surface area contributed by atoms with E-state index in [4.69, 9.17) is 11.2 Å². The molecule has 20 heavy (non-hydrogen) atoms. The van der Waals surface area contributed by atoms with Crippen LogP contribution in [0.5, 0.6) is 0 Å². The summed E-state index contributed by atoms with van der Waals surface area (Å²) in [5.74, 6) is 3.45. The van der Waals surface area contributed by atoms with Crippen molar-refractivity contribution < 1.29 is 9.53 Å². The molecule has 0 atom stereocenters. The van der Waals surface area contributed by atoms with Gasteiger partial charge in [-0.3, -0.25) is 0 Å². The number of nitrogens with zero attached hydrogens (tertiary/aromatic N) is 1. The average Bonchev–Trinajstić information content (AvgIpc) is 2.37. The van der Waals surface area contributed by atoms with Gasteiger partial charge in [0.15, 0.2) is 0 Å². The number of amides is 1. The smallest absolute Gasteiger partial charge is 0.410 e. The molecule has 0 aromatic heterocycles. The van der Waals surface area contributed by atoms with Crippen molar-refractivity contribution in [3.05, 3.63) is 0 Å². The van der Waals surface area contributed by atoms with Gasteiger partial charge in [0.1, 0.15) is 5.60 Å². The summed E-state index contributed by atoms with van der Waals surface area (Å²) < 4.78 is 5.41. The quantitative estimate of drug-likeness (QED) is 0.557. The predicted molar refractivity (Wildman–Crippen MR) is 82.4 cm³/mol. The van der Waals surface area contributed by atoms with E-state index in [0.717, 1.165) is 44.7 Å². The molecule has 1 saturated heterocycles. The monoisotopic (exact) mass is 279 g/mol. The Bertz CT molecular complexity index is 330. The third kappa shape index (κ3) is 6.84. The Hall–Kier alpha value is -1.17. The van der Waals surface area contributed by atoms with Crippen molar-refractivity contribution in [3.8, 4) is 12.3 Å². The Morgan fingerprint density at radius 2 is 1.90 bits per heavy atom. The fourth-order valence-corrected chi connectivity index (χ4v) is 2.57. The van der Waals surface area contributed by atoms with Gasteiger partial charge in [-0.25, -0.2) is 4.79 Å². The van der Waals surface area contributed by atoms with E-state index in [0.29, 0.717) is 0 Å². The predicted octanol–water partition coefficient (Wildman–Crippen LogP) is 4.22. The largest absolute Gasteiger partial charge is 0.444 e. The normalized spacial score (nSPS) is 16.8. The SMILES string of the molecule is C#CCCCCCC1CCN(C(=O)OC(C)(C)C)CC1. The molecule has 1 heterocycles. The van der Waals surface area contributed by atoms with Crippen LogP contribution in [-0.2, 0) is 4.74 Å². The van der Waals surface area contributed by atoms with Gasteiger partial charge in [-0.15, -0.1) is 12.3 Å². The number of piperidine rings is 1. The van der Waals surface area contributed by atoms with Crippen molar-refractivity contribution >= 4 is 6.09 Å². The van der Waals surface area contributed by atoms with Crippen LogP contribution in [0.25, 0.3) is 0 Å². The van der Waals surface area contributed by atoms with Crippen LogP contribution in [0.15, 0.2) is 0 Å². The topological polar surface area (TPSA) is 29.5 Å². The molecule has 0 spiro atoms. The van der Waals surface area contributed by atoms with Crippen molar-refractivity contribution in [1.82, 2.24) is 4.90 Å². The number of ether oxygens (including phenoxy) is 1. The Morgan fingerprint density at radius 1 is 1.25 bits per heavy atom. The molecular formula is C17H29NO2. The summed E-state index contributed by atoms with van der Waals surface area (Å²) in [6.45, 7) is 7.41. The maximum Gasteiger partial charge on any atom is 0.410 e. The zero-order valence-electron chi connectivity index (χ0n) is 13.3. The van der Waals surface area contributed by atoms with E-state index in [1.165, 1.54) is 19.3 Å². The number of likely N-dealkylation sites (tertiary alicyclic amines) is 1. The van der Waals surface area contributed by atoms with Crippen LogP contribution >= 0.6 is 0 Å². The number of hydrogen-bond acceptors (Lipinski definition) is 2. The van der Waals surface area contributed by atoms with Crippen molar-refractivity contribution in [2.75, 3.05) is 13.1 Å². The van der Waals surface area contributed by atoms with Crippen molar-refractivity contribution in [1.29, 1.82) is 0 Å². The highest BCUT2D eigenvalue weighted by atomic mass is 16.6. The van der Waals surface area contributed by atoms with E-state index >= 15 is 0 Å². The molecule has 1 rings (SSSR count). The lowest BCUT2D eigenvalue weighted by Gasteiger charge is -2.33. The summed E-state index contributed by atoms with van der Waals surface area (Å²) in [7, 11) is 0. The third-order valence-corrected chi connectivity index (χ3v) is 3.70. The second-order valence-electron chi connectivity index (χ2n) is 6.71. The Morgan fingerprint density at radius 3 is 2.45 bits per heavy atom. The fourth-order valence-electron chi connectivity index (χ4n) is 2.57. The average molecular weight is 279 g/mol. The zero-order chi connectivity index (χ0) is 15.0. The van der Waals surface area contributed by atoms with Gasteiger partial charge in [0.2, 0.25) is 0 Å². The Balaban J connectivity index is 2.17. The van der Waals surface area contributed by atoms with E-state index in [1.54, 1.807) is 0 Å². The van der Waals surface area contributed by atoms with Gasteiger partial charge in [-0.05, 0) is 46.0 Å². The summed E-state index contributed by atoms with van der Waals surface area (Å²) in [5.41, 5.74) is -0.398.